The van der Waals surface area contributed by atoms with Crippen molar-refractivity contribution in [2.24, 2.45) is 5.92 Å². The first-order chi connectivity index (χ1) is 12.1. The Morgan fingerprint density at radius 1 is 1.08 bits per heavy atom. The van der Waals surface area contributed by atoms with E-state index in [1.807, 2.05) is 30.3 Å². The van der Waals surface area contributed by atoms with Crippen molar-refractivity contribution < 1.29 is 9.18 Å². The second-order valence-corrected chi connectivity index (χ2v) is 6.87. The van der Waals surface area contributed by atoms with Gasteiger partial charge in [0.15, 0.2) is 0 Å². The molecule has 0 radical (unpaired) electrons. The molecule has 2 aromatic carbocycles. The highest BCUT2D eigenvalue weighted by Crippen LogP contribution is 2.29. The van der Waals surface area contributed by atoms with Gasteiger partial charge in [-0.05, 0) is 49.1 Å². The first kappa shape index (κ1) is 17.7. The van der Waals surface area contributed by atoms with E-state index in [2.05, 4.69) is 5.32 Å². The van der Waals surface area contributed by atoms with E-state index in [1.54, 1.807) is 6.07 Å². The van der Waals surface area contributed by atoms with Gasteiger partial charge in [0, 0.05) is 6.54 Å². The number of benzene rings is 2. The van der Waals surface area contributed by atoms with Crippen molar-refractivity contribution in [3.05, 3.63) is 59.4 Å². The summed E-state index contributed by atoms with van der Waals surface area (Å²) in [6, 6.07) is 13.4. The molecule has 2 amide bonds. The summed E-state index contributed by atoms with van der Waals surface area (Å²) in [7, 11) is 0. The Bertz CT molecular complexity index is 717. The Balaban J connectivity index is 1.80. The van der Waals surface area contributed by atoms with Crippen LogP contribution >= 0.6 is 11.6 Å². The zero-order valence-electron chi connectivity index (χ0n) is 14.1. The Labute approximate surface area is 152 Å². The highest BCUT2D eigenvalue weighted by molar-refractivity contribution is 6.30. The van der Waals surface area contributed by atoms with Crippen LogP contribution in [0.3, 0.4) is 0 Å². The van der Waals surface area contributed by atoms with Crippen molar-refractivity contribution in [2.45, 2.75) is 32.1 Å². The maximum atomic E-state index is 13.9. The van der Waals surface area contributed by atoms with Crippen molar-refractivity contribution in [2.75, 3.05) is 11.4 Å². The van der Waals surface area contributed by atoms with Gasteiger partial charge in [-0.1, -0.05) is 49.1 Å². The fraction of sp³-hybridized carbons (Fsp3) is 0.350. The Hall–Kier alpha value is -2.07. The molecule has 1 aliphatic carbocycles. The van der Waals surface area contributed by atoms with Gasteiger partial charge in [0.05, 0.1) is 16.4 Å². The number of amides is 2. The normalized spacial score (nSPS) is 15.0. The minimum Gasteiger partial charge on any atom is -0.337 e. The van der Waals surface area contributed by atoms with Crippen molar-refractivity contribution in [3.63, 3.8) is 0 Å². The highest BCUT2D eigenvalue weighted by atomic mass is 35.5. The molecule has 0 aromatic heterocycles. The lowest BCUT2D eigenvalue weighted by Gasteiger charge is -2.26. The molecule has 0 heterocycles. The lowest BCUT2D eigenvalue weighted by molar-refractivity contribution is 0.244. The monoisotopic (exact) mass is 360 g/mol. The summed E-state index contributed by atoms with van der Waals surface area (Å²) in [6.07, 6.45) is 6.05. The number of anilines is 2. The summed E-state index contributed by atoms with van der Waals surface area (Å²) in [5.74, 6) is -0.0162. The van der Waals surface area contributed by atoms with Crippen LogP contribution in [0, 0.1) is 11.7 Å². The number of urea groups is 1. The topological polar surface area (TPSA) is 32.3 Å². The van der Waals surface area contributed by atoms with Gasteiger partial charge in [-0.15, -0.1) is 0 Å². The Kier molecular flexibility index (Phi) is 5.92. The standard InChI is InChI=1S/C20H22ClFN2O/c21-18-12-11-17(13-19(18)22)24(16-9-5-2-6-10-16)20(25)23-14-15-7-3-1-4-8-15/h2,5-6,9-13,15H,1,3-4,7-8,14H2,(H,23,25). The van der Waals surface area contributed by atoms with Crippen LogP contribution in [-0.2, 0) is 0 Å². The second-order valence-electron chi connectivity index (χ2n) is 6.46. The number of nitrogens with zero attached hydrogens (tertiary/aromatic N) is 1. The van der Waals surface area contributed by atoms with Crippen molar-refractivity contribution in [3.8, 4) is 0 Å². The fourth-order valence-electron chi connectivity index (χ4n) is 3.29. The molecule has 1 fully saturated rings. The van der Waals surface area contributed by atoms with E-state index in [1.165, 1.54) is 36.3 Å². The number of para-hydroxylation sites is 1. The molecular formula is C20H22ClFN2O. The largest absolute Gasteiger partial charge is 0.337 e. The summed E-state index contributed by atoms with van der Waals surface area (Å²) in [6.45, 7) is 0.651. The summed E-state index contributed by atoms with van der Waals surface area (Å²) in [5.41, 5.74) is 1.14. The van der Waals surface area contributed by atoms with E-state index in [-0.39, 0.29) is 11.1 Å². The van der Waals surface area contributed by atoms with E-state index >= 15 is 0 Å². The zero-order valence-corrected chi connectivity index (χ0v) is 14.8. The van der Waals surface area contributed by atoms with Crippen molar-refractivity contribution >= 4 is 29.0 Å². The SMILES string of the molecule is O=C(NCC1CCCCC1)N(c1ccccc1)c1ccc(Cl)c(F)c1. The Morgan fingerprint density at radius 3 is 2.48 bits per heavy atom. The highest BCUT2D eigenvalue weighted by Gasteiger charge is 2.21. The number of halogens is 2. The molecule has 1 N–H and O–H groups in total. The molecule has 3 rings (SSSR count). The van der Waals surface area contributed by atoms with Gasteiger partial charge >= 0.3 is 6.03 Å². The maximum Gasteiger partial charge on any atom is 0.326 e. The number of hydrogen-bond donors (Lipinski definition) is 1. The summed E-state index contributed by atoms with van der Waals surface area (Å²) in [5, 5.41) is 3.06. The Morgan fingerprint density at radius 2 is 1.80 bits per heavy atom. The van der Waals surface area contributed by atoms with E-state index in [4.69, 9.17) is 11.6 Å². The third kappa shape index (κ3) is 4.51. The van der Waals surface area contributed by atoms with Crippen molar-refractivity contribution in [1.82, 2.24) is 5.32 Å². The first-order valence-corrected chi connectivity index (χ1v) is 9.11. The molecule has 5 heteroatoms. The molecule has 2 aromatic rings. The quantitative estimate of drug-likeness (QED) is 0.722. The molecule has 132 valence electrons. The predicted octanol–water partition coefficient (Wildman–Crippen LogP) is 5.91. The van der Waals surface area contributed by atoms with Crippen LogP contribution in [0.15, 0.2) is 48.5 Å². The van der Waals surface area contributed by atoms with Gasteiger partial charge in [0.25, 0.3) is 0 Å². The van der Waals surface area contributed by atoms with Gasteiger partial charge in [-0.3, -0.25) is 4.90 Å². The van der Waals surface area contributed by atoms with E-state index in [0.29, 0.717) is 23.8 Å². The average molecular weight is 361 g/mol. The molecule has 0 bridgehead atoms. The maximum absolute atomic E-state index is 13.9. The van der Waals surface area contributed by atoms with Gasteiger partial charge in [-0.2, -0.15) is 0 Å². The number of rotatable bonds is 4. The molecule has 0 unspecified atom stereocenters. The van der Waals surface area contributed by atoms with Gasteiger partial charge in [-0.25, -0.2) is 9.18 Å². The predicted molar refractivity (Wildman–Crippen MR) is 100.0 cm³/mol. The van der Waals surface area contributed by atoms with Crippen LogP contribution in [-0.4, -0.2) is 12.6 Å². The third-order valence-corrected chi connectivity index (χ3v) is 4.95. The van der Waals surface area contributed by atoms with Crippen LogP contribution in [0.5, 0.6) is 0 Å². The number of hydrogen-bond acceptors (Lipinski definition) is 1. The molecule has 25 heavy (non-hydrogen) atoms. The molecule has 1 aliphatic rings. The molecule has 0 spiro atoms. The molecule has 0 saturated heterocycles. The minimum atomic E-state index is -0.542. The lowest BCUT2D eigenvalue weighted by atomic mass is 9.89. The summed E-state index contributed by atoms with van der Waals surface area (Å²) >= 11 is 5.78. The number of carbonyl (C=O) groups is 1. The van der Waals surface area contributed by atoms with E-state index in [9.17, 15) is 9.18 Å². The lowest BCUT2D eigenvalue weighted by Crippen LogP contribution is -2.39. The molecule has 1 saturated carbocycles. The van der Waals surface area contributed by atoms with Crippen LogP contribution in [0.2, 0.25) is 5.02 Å². The fourth-order valence-corrected chi connectivity index (χ4v) is 3.40. The molecule has 0 aliphatic heterocycles. The van der Waals surface area contributed by atoms with E-state index in [0.717, 1.165) is 12.8 Å². The number of carbonyl (C=O) groups excluding carboxylic acids is 1. The zero-order chi connectivity index (χ0) is 17.6. The third-order valence-electron chi connectivity index (χ3n) is 4.65. The van der Waals surface area contributed by atoms with Crippen molar-refractivity contribution in [1.29, 1.82) is 0 Å². The summed E-state index contributed by atoms with van der Waals surface area (Å²) < 4.78 is 13.9. The smallest absolute Gasteiger partial charge is 0.326 e. The molecule has 3 nitrogen and oxygen atoms in total. The van der Waals surface area contributed by atoms with Gasteiger partial charge in [0.2, 0.25) is 0 Å². The molecule has 0 atom stereocenters. The first-order valence-electron chi connectivity index (χ1n) is 8.73. The molecular weight excluding hydrogens is 339 g/mol. The van der Waals surface area contributed by atoms with Crippen LogP contribution < -0.4 is 10.2 Å². The van der Waals surface area contributed by atoms with Crippen LogP contribution in [0.4, 0.5) is 20.6 Å². The van der Waals surface area contributed by atoms with Crippen LogP contribution in [0.1, 0.15) is 32.1 Å². The summed E-state index contributed by atoms with van der Waals surface area (Å²) in [4.78, 5) is 14.3. The average Bonchev–Trinajstić information content (AvgIpc) is 2.65. The van der Waals surface area contributed by atoms with Gasteiger partial charge < -0.3 is 5.32 Å². The second kappa shape index (κ2) is 8.34. The minimum absolute atomic E-state index is 0.0411. The van der Waals surface area contributed by atoms with Gasteiger partial charge in [0.1, 0.15) is 5.82 Å². The van der Waals surface area contributed by atoms with E-state index < -0.39 is 5.82 Å². The van der Waals surface area contributed by atoms with Crippen LogP contribution in [0.25, 0.3) is 0 Å². The number of nitrogens with one attached hydrogen (secondary N) is 1.